The Morgan fingerprint density at radius 2 is 1.60 bits per heavy atom. The number of anilines is 1. The van der Waals surface area contributed by atoms with E-state index in [4.69, 9.17) is 4.43 Å². The molecule has 0 aliphatic carbocycles. The predicted molar refractivity (Wildman–Crippen MR) is 113 cm³/mol. The third kappa shape index (κ3) is 4.83. The molecule has 0 spiro atoms. The van der Waals surface area contributed by atoms with E-state index in [2.05, 4.69) is 43.7 Å². The highest BCUT2D eigenvalue weighted by molar-refractivity contribution is 6.72. The van der Waals surface area contributed by atoms with E-state index < -0.39 is 17.1 Å². The Kier molecular flexibility index (Phi) is 5.90. The fraction of sp³-hybridized carbons (Fsp3) is 0.350. The van der Waals surface area contributed by atoms with Gasteiger partial charge in [0.05, 0.1) is 8.80 Å². The first-order valence-corrected chi connectivity index (χ1v) is 15.0. The molecule has 2 rings (SSSR count). The van der Waals surface area contributed by atoms with Crippen LogP contribution in [0.2, 0.25) is 32.7 Å². The molecule has 2 aromatic rings. The molecule has 0 fully saturated rings. The first-order valence-electron chi connectivity index (χ1n) is 8.74. The van der Waals surface area contributed by atoms with E-state index in [9.17, 15) is 4.79 Å². The van der Waals surface area contributed by atoms with Crippen molar-refractivity contribution in [1.82, 2.24) is 0 Å². The quantitative estimate of drug-likeness (QED) is 0.570. The second-order valence-corrected chi connectivity index (χ2v) is 15.2. The molecule has 0 amide bonds. The number of rotatable bonds is 6. The lowest BCUT2D eigenvalue weighted by atomic mass is 10.0. The molecule has 0 aromatic heterocycles. The van der Waals surface area contributed by atoms with Crippen molar-refractivity contribution >= 4 is 33.8 Å². The maximum absolute atomic E-state index is 13.1. The van der Waals surface area contributed by atoms with Crippen molar-refractivity contribution in [3.8, 4) is 5.75 Å². The monoisotopic (exact) mass is 371 g/mol. The SMILES string of the molecule is CN(C)c1c(C(=O)c2ccc(O[Si](C)(C)C)cc2)cccc1[SiH](C)C. The van der Waals surface area contributed by atoms with Crippen molar-refractivity contribution in [3.05, 3.63) is 53.6 Å². The zero-order chi connectivity index (χ0) is 18.8. The van der Waals surface area contributed by atoms with Crippen LogP contribution in [0.3, 0.4) is 0 Å². The Morgan fingerprint density at radius 1 is 1.00 bits per heavy atom. The van der Waals surface area contributed by atoms with Gasteiger partial charge in [-0.05, 0) is 55.2 Å². The van der Waals surface area contributed by atoms with E-state index in [0.717, 1.165) is 17.0 Å². The van der Waals surface area contributed by atoms with Gasteiger partial charge in [-0.15, -0.1) is 0 Å². The normalized spacial score (nSPS) is 11.5. The van der Waals surface area contributed by atoms with E-state index in [1.165, 1.54) is 5.19 Å². The molecule has 0 saturated heterocycles. The lowest BCUT2D eigenvalue weighted by Crippen LogP contribution is -2.31. The molecule has 0 atom stereocenters. The van der Waals surface area contributed by atoms with Gasteiger partial charge in [0.2, 0.25) is 8.32 Å². The molecule has 3 nitrogen and oxygen atoms in total. The lowest BCUT2D eigenvalue weighted by Gasteiger charge is -2.23. The van der Waals surface area contributed by atoms with Gasteiger partial charge in [0.1, 0.15) is 5.75 Å². The molecule has 0 aliphatic rings. The van der Waals surface area contributed by atoms with Crippen LogP contribution in [-0.4, -0.2) is 37.0 Å². The van der Waals surface area contributed by atoms with Gasteiger partial charge in [-0.1, -0.05) is 25.2 Å². The van der Waals surface area contributed by atoms with E-state index >= 15 is 0 Å². The van der Waals surface area contributed by atoms with Crippen molar-refractivity contribution in [2.45, 2.75) is 32.7 Å². The number of nitrogens with zero attached hydrogens (tertiary/aromatic N) is 1. The topological polar surface area (TPSA) is 29.5 Å². The summed E-state index contributed by atoms with van der Waals surface area (Å²) in [6.45, 7) is 11.0. The van der Waals surface area contributed by atoms with Crippen LogP contribution in [0.25, 0.3) is 0 Å². The highest BCUT2D eigenvalue weighted by atomic mass is 28.4. The minimum absolute atomic E-state index is 0.0692. The Hall–Kier alpha value is -1.86. The maximum Gasteiger partial charge on any atom is 0.242 e. The fourth-order valence-electron chi connectivity index (χ4n) is 2.89. The molecule has 0 saturated carbocycles. The van der Waals surface area contributed by atoms with Crippen LogP contribution >= 0.6 is 0 Å². The van der Waals surface area contributed by atoms with Gasteiger partial charge in [0, 0.05) is 30.9 Å². The molecule has 25 heavy (non-hydrogen) atoms. The Labute approximate surface area is 154 Å². The number of carbonyl (C=O) groups excluding carboxylic acids is 1. The first-order chi connectivity index (χ1) is 11.6. The van der Waals surface area contributed by atoms with Crippen LogP contribution in [0.1, 0.15) is 15.9 Å². The highest BCUT2D eigenvalue weighted by Crippen LogP contribution is 2.23. The number of para-hydroxylation sites is 1. The standard InChI is InChI=1S/C20H29NO2Si2/c1-21(2)19-17(9-8-10-18(19)24(3)4)20(22)15-11-13-16(14-12-15)23-25(5,6)7/h8-14,24H,1-7H3. The minimum Gasteiger partial charge on any atom is -0.544 e. The van der Waals surface area contributed by atoms with Gasteiger partial charge < -0.3 is 9.33 Å². The number of ketones is 1. The van der Waals surface area contributed by atoms with Crippen molar-refractivity contribution < 1.29 is 9.22 Å². The van der Waals surface area contributed by atoms with Crippen LogP contribution < -0.4 is 14.5 Å². The second kappa shape index (κ2) is 7.58. The number of hydrogen-bond acceptors (Lipinski definition) is 3. The molecule has 5 heteroatoms. The summed E-state index contributed by atoms with van der Waals surface area (Å²) in [6, 6.07) is 13.7. The fourth-order valence-corrected chi connectivity index (χ4v) is 5.19. The molecule has 2 aromatic carbocycles. The van der Waals surface area contributed by atoms with Crippen molar-refractivity contribution in [2.24, 2.45) is 0 Å². The summed E-state index contributed by atoms with van der Waals surface area (Å²) in [4.78, 5) is 15.2. The summed E-state index contributed by atoms with van der Waals surface area (Å²) >= 11 is 0. The summed E-state index contributed by atoms with van der Waals surface area (Å²) in [7, 11) is 1.36. The molecular weight excluding hydrogens is 342 g/mol. The second-order valence-electron chi connectivity index (χ2n) is 7.86. The van der Waals surface area contributed by atoms with E-state index in [0.29, 0.717) is 5.56 Å². The van der Waals surface area contributed by atoms with Gasteiger partial charge in [-0.2, -0.15) is 0 Å². The maximum atomic E-state index is 13.1. The molecule has 0 radical (unpaired) electrons. The smallest absolute Gasteiger partial charge is 0.242 e. The first kappa shape index (κ1) is 19.5. The van der Waals surface area contributed by atoms with Gasteiger partial charge in [-0.25, -0.2) is 0 Å². The molecule has 0 heterocycles. The molecule has 134 valence electrons. The van der Waals surface area contributed by atoms with E-state index in [1.807, 2.05) is 50.5 Å². The summed E-state index contributed by atoms with van der Waals surface area (Å²) in [6.07, 6.45) is 0. The van der Waals surface area contributed by atoms with Gasteiger partial charge in [0.25, 0.3) is 0 Å². The van der Waals surface area contributed by atoms with Crippen LogP contribution in [0, 0.1) is 0 Å². The van der Waals surface area contributed by atoms with Gasteiger partial charge >= 0.3 is 0 Å². The van der Waals surface area contributed by atoms with Crippen molar-refractivity contribution in [1.29, 1.82) is 0 Å². The van der Waals surface area contributed by atoms with Crippen molar-refractivity contribution in [3.63, 3.8) is 0 Å². The van der Waals surface area contributed by atoms with E-state index in [-0.39, 0.29) is 5.78 Å². The zero-order valence-corrected chi connectivity index (χ0v) is 18.5. The predicted octanol–water partition coefficient (Wildman–Crippen LogP) is 3.89. The van der Waals surface area contributed by atoms with Crippen LogP contribution in [0.4, 0.5) is 5.69 Å². The summed E-state index contributed by atoms with van der Waals surface area (Å²) in [5.74, 6) is 0.909. The van der Waals surface area contributed by atoms with Gasteiger partial charge in [-0.3, -0.25) is 4.79 Å². The van der Waals surface area contributed by atoms with Crippen molar-refractivity contribution in [2.75, 3.05) is 19.0 Å². The largest absolute Gasteiger partial charge is 0.544 e. The number of hydrogen-bond donors (Lipinski definition) is 0. The van der Waals surface area contributed by atoms with Crippen LogP contribution in [-0.2, 0) is 0 Å². The summed E-state index contributed by atoms with van der Waals surface area (Å²) in [5.41, 5.74) is 2.55. The zero-order valence-electron chi connectivity index (χ0n) is 16.4. The Balaban J connectivity index is 2.39. The average molecular weight is 372 g/mol. The lowest BCUT2D eigenvalue weighted by molar-refractivity contribution is 0.103. The van der Waals surface area contributed by atoms with Gasteiger partial charge in [0.15, 0.2) is 5.78 Å². The van der Waals surface area contributed by atoms with E-state index in [1.54, 1.807) is 0 Å². The molecule has 0 aliphatic heterocycles. The molecular formula is C20H29NO2Si2. The van der Waals surface area contributed by atoms with Crippen LogP contribution in [0.15, 0.2) is 42.5 Å². The number of benzene rings is 2. The molecule has 0 bridgehead atoms. The third-order valence-corrected chi connectivity index (χ3v) is 6.48. The average Bonchev–Trinajstić information content (AvgIpc) is 2.52. The molecule has 0 unspecified atom stereocenters. The summed E-state index contributed by atoms with van der Waals surface area (Å²) in [5, 5.41) is 1.33. The van der Waals surface area contributed by atoms with Crippen LogP contribution in [0.5, 0.6) is 5.75 Å². The summed E-state index contributed by atoms with van der Waals surface area (Å²) < 4.78 is 5.98. The highest BCUT2D eigenvalue weighted by Gasteiger charge is 2.20. The Morgan fingerprint density at radius 3 is 2.08 bits per heavy atom. The molecule has 0 N–H and O–H groups in total. The Bertz CT molecular complexity index is 747. The number of carbonyl (C=O) groups is 1. The minimum atomic E-state index is -1.64. The third-order valence-electron chi connectivity index (χ3n) is 3.92.